The molecule has 0 bridgehead atoms. The van der Waals surface area contributed by atoms with Crippen molar-refractivity contribution in [2.24, 2.45) is 5.92 Å². The molecule has 1 aliphatic heterocycles. The summed E-state index contributed by atoms with van der Waals surface area (Å²) in [5, 5.41) is 4.86. The minimum absolute atomic E-state index is 0.0728. The summed E-state index contributed by atoms with van der Waals surface area (Å²) < 4.78 is 0. The van der Waals surface area contributed by atoms with E-state index >= 15 is 0 Å². The Morgan fingerprint density at radius 1 is 0.964 bits per heavy atom. The molecule has 3 aromatic carbocycles. The predicted octanol–water partition coefficient (Wildman–Crippen LogP) is 4.03. The van der Waals surface area contributed by atoms with E-state index in [1.165, 1.54) is 6.92 Å². The molecule has 2 amide bonds. The molecule has 3 aromatic rings. The van der Waals surface area contributed by atoms with Crippen LogP contribution in [0, 0.1) is 5.92 Å². The van der Waals surface area contributed by atoms with Crippen LogP contribution in [-0.4, -0.2) is 24.1 Å². The molecule has 1 atom stereocenters. The maximum absolute atomic E-state index is 12.8. The molecule has 0 aliphatic carbocycles. The number of hydrogen-bond acceptors (Lipinski definition) is 3. The number of nitrogens with one attached hydrogen (secondary N) is 1. The van der Waals surface area contributed by atoms with Crippen molar-refractivity contribution in [3.63, 3.8) is 0 Å². The molecule has 4 rings (SSSR count). The summed E-state index contributed by atoms with van der Waals surface area (Å²) in [4.78, 5) is 38.9. The fraction of sp³-hybridized carbons (Fsp3) is 0.174. The molecule has 0 saturated carbocycles. The Balaban J connectivity index is 1.57. The van der Waals surface area contributed by atoms with E-state index in [0.717, 1.165) is 16.5 Å². The number of Topliss-reactive ketones (excluding diaryl/α,β-unsaturated/α-hetero) is 1. The summed E-state index contributed by atoms with van der Waals surface area (Å²) in [6.45, 7) is 1.78. The molecule has 0 spiro atoms. The van der Waals surface area contributed by atoms with Crippen molar-refractivity contribution in [3.05, 3.63) is 72.3 Å². The standard InChI is InChI=1S/C23H20N2O3/c1-15(26)18-9-4-5-11-20(18)24-23(28)17-13-22(27)25(14-17)21-12-6-8-16-7-2-3-10-19(16)21/h2-12,17H,13-14H2,1H3,(H,24,28)/t17-/m0/s1. The highest BCUT2D eigenvalue weighted by Gasteiger charge is 2.36. The Hall–Kier alpha value is -3.47. The average molecular weight is 372 g/mol. The molecule has 1 N–H and O–H groups in total. The van der Waals surface area contributed by atoms with Gasteiger partial charge < -0.3 is 10.2 Å². The number of hydrogen-bond donors (Lipinski definition) is 1. The first kappa shape index (κ1) is 17.9. The van der Waals surface area contributed by atoms with E-state index in [1.807, 2.05) is 42.5 Å². The van der Waals surface area contributed by atoms with Crippen molar-refractivity contribution >= 4 is 39.7 Å². The van der Waals surface area contributed by atoms with Crippen molar-refractivity contribution in [1.82, 2.24) is 0 Å². The topological polar surface area (TPSA) is 66.5 Å². The van der Waals surface area contributed by atoms with Crippen molar-refractivity contribution in [3.8, 4) is 0 Å². The minimum Gasteiger partial charge on any atom is -0.325 e. The summed E-state index contributed by atoms with van der Waals surface area (Å²) in [6.07, 6.45) is 0.150. The molecule has 5 nitrogen and oxygen atoms in total. The summed E-state index contributed by atoms with van der Waals surface area (Å²) in [5.74, 6) is -0.900. The summed E-state index contributed by atoms with van der Waals surface area (Å²) in [7, 11) is 0. The van der Waals surface area contributed by atoms with Crippen molar-refractivity contribution in [1.29, 1.82) is 0 Å². The lowest BCUT2D eigenvalue weighted by atomic mass is 10.1. The third-order valence-corrected chi connectivity index (χ3v) is 5.12. The van der Waals surface area contributed by atoms with Gasteiger partial charge in [0.25, 0.3) is 0 Å². The Kier molecular flexibility index (Phi) is 4.65. The van der Waals surface area contributed by atoms with Crippen LogP contribution in [0.25, 0.3) is 10.8 Å². The van der Waals surface area contributed by atoms with Crippen LogP contribution in [0.4, 0.5) is 11.4 Å². The van der Waals surface area contributed by atoms with Crippen LogP contribution in [0.15, 0.2) is 66.7 Å². The number of para-hydroxylation sites is 1. The van der Waals surface area contributed by atoms with E-state index in [4.69, 9.17) is 0 Å². The number of fused-ring (bicyclic) bond motifs is 1. The molecule has 1 fully saturated rings. The van der Waals surface area contributed by atoms with Gasteiger partial charge in [0.05, 0.1) is 17.3 Å². The third-order valence-electron chi connectivity index (χ3n) is 5.12. The first-order chi connectivity index (χ1) is 13.5. The molecular weight excluding hydrogens is 352 g/mol. The average Bonchev–Trinajstić information content (AvgIpc) is 3.09. The number of amides is 2. The third kappa shape index (κ3) is 3.27. The minimum atomic E-state index is -0.466. The van der Waals surface area contributed by atoms with E-state index in [1.54, 1.807) is 29.2 Å². The van der Waals surface area contributed by atoms with E-state index in [0.29, 0.717) is 17.8 Å². The smallest absolute Gasteiger partial charge is 0.229 e. The van der Waals surface area contributed by atoms with Crippen molar-refractivity contribution in [2.75, 3.05) is 16.8 Å². The van der Waals surface area contributed by atoms with Gasteiger partial charge in [-0.2, -0.15) is 0 Å². The van der Waals surface area contributed by atoms with Crippen LogP contribution in [0.3, 0.4) is 0 Å². The maximum Gasteiger partial charge on any atom is 0.229 e. The zero-order valence-corrected chi connectivity index (χ0v) is 15.5. The molecule has 0 unspecified atom stereocenters. The van der Waals surface area contributed by atoms with Crippen LogP contribution in [0.1, 0.15) is 23.7 Å². The Morgan fingerprint density at radius 2 is 1.68 bits per heavy atom. The zero-order valence-electron chi connectivity index (χ0n) is 15.5. The number of ketones is 1. The largest absolute Gasteiger partial charge is 0.325 e. The molecule has 0 aromatic heterocycles. The SMILES string of the molecule is CC(=O)c1ccccc1NC(=O)[C@H]1CC(=O)N(c2cccc3ccccc23)C1. The maximum atomic E-state index is 12.8. The van der Waals surface area contributed by atoms with Crippen LogP contribution >= 0.6 is 0 Å². The number of benzene rings is 3. The van der Waals surface area contributed by atoms with E-state index in [9.17, 15) is 14.4 Å². The van der Waals surface area contributed by atoms with Crippen molar-refractivity contribution < 1.29 is 14.4 Å². The first-order valence-electron chi connectivity index (χ1n) is 9.23. The van der Waals surface area contributed by atoms with Crippen LogP contribution in [0.2, 0.25) is 0 Å². The number of anilines is 2. The predicted molar refractivity (Wildman–Crippen MR) is 109 cm³/mol. The fourth-order valence-electron chi connectivity index (χ4n) is 3.69. The highest BCUT2D eigenvalue weighted by atomic mass is 16.2. The number of carbonyl (C=O) groups excluding carboxylic acids is 3. The van der Waals surface area contributed by atoms with Gasteiger partial charge in [0.15, 0.2) is 5.78 Å². The van der Waals surface area contributed by atoms with E-state index < -0.39 is 5.92 Å². The van der Waals surface area contributed by atoms with Crippen LogP contribution < -0.4 is 10.2 Å². The second kappa shape index (κ2) is 7.27. The lowest BCUT2D eigenvalue weighted by molar-refractivity contribution is -0.122. The normalized spacial score (nSPS) is 16.4. The zero-order chi connectivity index (χ0) is 19.7. The number of nitrogens with zero attached hydrogens (tertiary/aromatic N) is 1. The number of rotatable bonds is 4. The Morgan fingerprint density at radius 3 is 2.50 bits per heavy atom. The van der Waals surface area contributed by atoms with Gasteiger partial charge in [-0.25, -0.2) is 0 Å². The second-order valence-electron chi connectivity index (χ2n) is 6.99. The summed E-state index contributed by atoms with van der Waals surface area (Å²) >= 11 is 0. The molecule has 1 heterocycles. The quantitative estimate of drug-likeness (QED) is 0.703. The molecule has 1 saturated heterocycles. The fourth-order valence-corrected chi connectivity index (χ4v) is 3.69. The first-order valence-corrected chi connectivity index (χ1v) is 9.23. The van der Waals surface area contributed by atoms with Gasteiger partial charge in [-0.05, 0) is 30.5 Å². The van der Waals surface area contributed by atoms with Crippen LogP contribution in [-0.2, 0) is 9.59 Å². The van der Waals surface area contributed by atoms with Gasteiger partial charge in [-0.3, -0.25) is 14.4 Å². The van der Waals surface area contributed by atoms with Gasteiger partial charge in [0.1, 0.15) is 0 Å². The van der Waals surface area contributed by atoms with Gasteiger partial charge in [0, 0.05) is 23.9 Å². The molecule has 140 valence electrons. The van der Waals surface area contributed by atoms with Crippen LogP contribution in [0.5, 0.6) is 0 Å². The lowest BCUT2D eigenvalue weighted by Crippen LogP contribution is -2.28. The van der Waals surface area contributed by atoms with Gasteiger partial charge in [-0.15, -0.1) is 0 Å². The lowest BCUT2D eigenvalue weighted by Gasteiger charge is -2.19. The summed E-state index contributed by atoms with van der Waals surface area (Å²) in [5.41, 5.74) is 1.77. The monoisotopic (exact) mass is 372 g/mol. The molecule has 0 radical (unpaired) electrons. The molecule has 28 heavy (non-hydrogen) atoms. The van der Waals surface area contributed by atoms with E-state index in [-0.39, 0.29) is 24.0 Å². The van der Waals surface area contributed by atoms with Crippen molar-refractivity contribution in [2.45, 2.75) is 13.3 Å². The van der Waals surface area contributed by atoms with E-state index in [2.05, 4.69) is 5.32 Å². The second-order valence-corrected chi connectivity index (χ2v) is 6.99. The van der Waals surface area contributed by atoms with Gasteiger partial charge in [0.2, 0.25) is 11.8 Å². The Bertz CT molecular complexity index is 1080. The summed E-state index contributed by atoms with van der Waals surface area (Å²) in [6, 6.07) is 20.6. The van der Waals surface area contributed by atoms with Gasteiger partial charge >= 0.3 is 0 Å². The highest BCUT2D eigenvalue weighted by Crippen LogP contribution is 2.32. The Labute approximate surface area is 163 Å². The molecule has 1 aliphatic rings. The molecule has 5 heteroatoms. The molecular formula is C23H20N2O3. The van der Waals surface area contributed by atoms with Gasteiger partial charge in [-0.1, -0.05) is 48.5 Å². The highest BCUT2D eigenvalue weighted by molar-refractivity contribution is 6.09. The number of carbonyl (C=O) groups is 3.